The lowest BCUT2D eigenvalue weighted by Gasteiger charge is -2.33. The normalized spacial score (nSPS) is 18.6. The Kier molecular flexibility index (Phi) is 7.27. The van der Waals surface area contributed by atoms with Gasteiger partial charge in [0.15, 0.2) is 18.4 Å². The summed E-state index contributed by atoms with van der Waals surface area (Å²) in [6.07, 6.45) is -4.95. The lowest BCUT2D eigenvalue weighted by Crippen LogP contribution is -2.42. The van der Waals surface area contributed by atoms with Crippen LogP contribution >= 0.6 is 11.8 Å². The molecule has 0 unspecified atom stereocenters. The summed E-state index contributed by atoms with van der Waals surface area (Å²) >= 11 is 1.35. The molecule has 0 N–H and O–H groups in total. The van der Waals surface area contributed by atoms with Crippen LogP contribution in [0.4, 0.5) is 13.2 Å². The van der Waals surface area contributed by atoms with Crippen LogP contribution in [0.3, 0.4) is 0 Å². The molecule has 0 amide bonds. The molecule has 0 aromatic heterocycles. The molecule has 2 aromatic rings. The second kappa shape index (κ2) is 9.72. The van der Waals surface area contributed by atoms with Gasteiger partial charge in [0, 0.05) is 4.90 Å². The number of rotatable bonds is 9. The van der Waals surface area contributed by atoms with Gasteiger partial charge < -0.3 is 18.9 Å². The van der Waals surface area contributed by atoms with Gasteiger partial charge in [-0.15, -0.1) is 11.8 Å². The van der Waals surface area contributed by atoms with Gasteiger partial charge in [-0.05, 0) is 61.9 Å². The second-order valence-corrected chi connectivity index (χ2v) is 7.69. The summed E-state index contributed by atoms with van der Waals surface area (Å²) in [5.74, 6) is 0.934. The molecule has 3 rings (SSSR count). The Labute approximate surface area is 176 Å². The average molecular weight is 442 g/mol. The van der Waals surface area contributed by atoms with E-state index in [2.05, 4.69) is 0 Å². The molecule has 1 fully saturated rings. The summed E-state index contributed by atoms with van der Waals surface area (Å²) in [5, 5.41) is 0. The number of thioether (sulfide) groups is 1. The number of carbonyl (C=O) groups excluding carboxylic acids is 1. The van der Waals surface area contributed by atoms with Crippen LogP contribution in [0.5, 0.6) is 11.5 Å². The van der Waals surface area contributed by atoms with Gasteiger partial charge >= 0.3 is 6.18 Å². The number of ketones is 1. The van der Waals surface area contributed by atoms with Crippen molar-refractivity contribution < 1.29 is 36.9 Å². The van der Waals surface area contributed by atoms with Gasteiger partial charge in [-0.3, -0.25) is 4.79 Å². The van der Waals surface area contributed by atoms with Gasteiger partial charge in [0.2, 0.25) is 0 Å². The van der Waals surface area contributed by atoms with E-state index >= 15 is 0 Å². The molecule has 1 saturated heterocycles. The van der Waals surface area contributed by atoms with E-state index in [4.69, 9.17) is 18.9 Å². The number of Topliss-reactive ketones (excluding diaryl/α,β-unsaturated/α-hetero) is 1. The zero-order valence-electron chi connectivity index (χ0n) is 16.4. The number of alkyl halides is 3. The minimum Gasteiger partial charge on any atom is -0.488 e. The molecule has 0 atom stereocenters. The van der Waals surface area contributed by atoms with Crippen LogP contribution in [-0.4, -0.2) is 37.3 Å². The lowest BCUT2D eigenvalue weighted by atomic mass is 10.2. The van der Waals surface area contributed by atoms with Crippen LogP contribution in [0.15, 0.2) is 47.4 Å². The first-order valence-electron chi connectivity index (χ1n) is 9.19. The maximum atomic E-state index is 12.5. The largest absolute Gasteiger partial charge is 0.488 e. The van der Waals surface area contributed by atoms with E-state index in [1.807, 2.05) is 32.0 Å². The number of benzene rings is 2. The van der Waals surface area contributed by atoms with Gasteiger partial charge in [0.05, 0.1) is 11.3 Å². The summed E-state index contributed by atoms with van der Waals surface area (Å²) in [6, 6.07) is 9.83. The van der Waals surface area contributed by atoms with Crippen LogP contribution in [0.25, 0.3) is 0 Å². The van der Waals surface area contributed by atoms with E-state index in [-0.39, 0.29) is 36.5 Å². The van der Waals surface area contributed by atoms with Crippen molar-refractivity contribution in [3.8, 4) is 11.5 Å². The van der Waals surface area contributed by atoms with E-state index in [1.165, 1.54) is 23.9 Å². The molecular weight excluding hydrogens is 421 g/mol. The van der Waals surface area contributed by atoms with Crippen LogP contribution in [0.1, 0.15) is 18.1 Å². The monoisotopic (exact) mass is 442 g/mol. The highest BCUT2D eigenvalue weighted by Crippen LogP contribution is 2.30. The Balaban J connectivity index is 1.41. The highest BCUT2D eigenvalue weighted by molar-refractivity contribution is 8.00. The second-order valence-electron chi connectivity index (χ2n) is 6.65. The van der Waals surface area contributed by atoms with Crippen molar-refractivity contribution in [3.05, 3.63) is 53.6 Å². The highest BCUT2D eigenvalue weighted by Gasteiger charge is 2.30. The van der Waals surface area contributed by atoms with Gasteiger partial charge in [0.25, 0.3) is 0 Å². The van der Waals surface area contributed by atoms with Crippen LogP contribution in [-0.2, 0) is 20.4 Å². The molecular formula is C21H21F3O5S. The Morgan fingerprint density at radius 3 is 2.40 bits per heavy atom. The maximum absolute atomic E-state index is 12.5. The molecule has 2 aromatic carbocycles. The van der Waals surface area contributed by atoms with Crippen molar-refractivity contribution in [2.75, 3.05) is 19.0 Å². The van der Waals surface area contributed by atoms with E-state index in [9.17, 15) is 18.0 Å². The molecule has 0 spiro atoms. The van der Waals surface area contributed by atoms with Crippen molar-refractivity contribution in [1.82, 2.24) is 0 Å². The highest BCUT2D eigenvalue weighted by atomic mass is 32.2. The number of ether oxygens (including phenoxy) is 4. The van der Waals surface area contributed by atoms with E-state index < -0.39 is 11.7 Å². The zero-order chi connectivity index (χ0) is 21.7. The third kappa shape index (κ3) is 6.38. The molecule has 0 radical (unpaired) electrons. The van der Waals surface area contributed by atoms with Crippen LogP contribution in [0.2, 0.25) is 0 Å². The molecule has 0 aliphatic carbocycles. The van der Waals surface area contributed by atoms with E-state index in [0.717, 1.165) is 22.6 Å². The van der Waals surface area contributed by atoms with Crippen molar-refractivity contribution >= 4 is 17.5 Å². The van der Waals surface area contributed by atoms with Crippen molar-refractivity contribution in [2.45, 2.75) is 37.5 Å². The summed E-state index contributed by atoms with van der Waals surface area (Å²) in [6.45, 7) is 3.81. The van der Waals surface area contributed by atoms with Crippen molar-refractivity contribution in [2.24, 2.45) is 0 Å². The van der Waals surface area contributed by atoms with Gasteiger partial charge in [-0.25, -0.2) is 0 Å². The lowest BCUT2D eigenvalue weighted by molar-refractivity contribution is -0.380. The number of carbonyl (C=O) groups is 1. The van der Waals surface area contributed by atoms with Gasteiger partial charge in [-0.2, -0.15) is 13.2 Å². The third-order valence-electron chi connectivity index (χ3n) is 4.19. The number of aryl methyl sites for hydroxylation is 1. The number of hydrogen-bond donors (Lipinski definition) is 0. The molecule has 30 heavy (non-hydrogen) atoms. The van der Waals surface area contributed by atoms with Gasteiger partial charge in [-0.1, -0.05) is 0 Å². The fourth-order valence-corrected chi connectivity index (χ4v) is 3.49. The fourth-order valence-electron chi connectivity index (χ4n) is 2.66. The standard InChI is InChI=1S/C21H21F3O5S/c1-13-9-18(7-8-19(13)27-11-20-28-14(2)29-20)30-12-16(25)10-26-17-5-3-15(4-6-17)21(22,23)24/h3-9,14,20H,10-12H2,1-2H3. The molecule has 1 aliphatic rings. The van der Waals surface area contributed by atoms with Crippen molar-refractivity contribution in [1.29, 1.82) is 0 Å². The first kappa shape index (κ1) is 22.5. The number of hydrogen-bond acceptors (Lipinski definition) is 6. The number of halogens is 3. The molecule has 1 aliphatic heterocycles. The van der Waals surface area contributed by atoms with Crippen LogP contribution in [0, 0.1) is 6.92 Å². The first-order chi connectivity index (χ1) is 14.2. The van der Waals surface area contributed by atoms with Crippen LogP contribution < -0.4 is 9.47 Å². The quantitative estimate of drug-likeness (QED) is 0.518. The average Bonchev–Trinajstić information content (AvgIpc) is 2.68. The first-order valence-corrected chi connectivity index (χ1v) is 10.2. The zero-order valence-corrected chi connectivity index (χ0v) is 17.2. The SMILES string of the molecule is Cc1cc(SCC(=O)COc2ccc(C(F)(F)F)cc2)ccc1OCC1OC(C)O1. The Bertz CT molecular complexity index is 864. The van der Waals surface area contributed by atoms with Crippen molar-refractivity contribution in [3.63, 3.8) is 0 Å². The minimum atomic E-state index is -4.40. The minimum absolute atomic E-state index is 0.175. The topological polar surface area (TPSA) is 54.0 Å². The van der Waals surface area contributed by atoms with Gasteiger partial charge in [0.1, 0.15) is 24.7 Å². The summed E-state index contributed by atoms with van der Waals surface area (Å²) in [4.78, 5) is 12.9. The predicted molar refractivity (Wildman–Crippen MR) is 105 cm³/mol. The third-order valence-corrected chi connectivity index (χ3v) is 5.24. The smallest absolute Gasteiger partial charge is 0.416 e. The summed E-state index contributed by atoms with van der Waals surface area (Å²) < 4.78 is 59.2. The van der Waals surface area contributed by atoms with E-state index in [0.29, 0.717) is 12.4 Å². The molecule has 162 valence electrons. The molecule has 0 saturated carbocycles. The molecule has 1 heterocycles. The predicted octanol–water partition coefficient (Wildman–Crippen LogP) is 4.85. The molecule has 9 heteroatoms. The summed E-state index contributed by atoms with van der Waals surface area (Å²) in [7, 11) is 0. The Hall–Kier alpha value is -2.23. The van der Waals surface area contributed by atoms with E-state index in [1.54, 1.807) is 0 Å². The molecule has 0 bridgehead atoms. The Morgan fingerprint density at radius 2 is 1.80 bits per heavy atom. The molecule has 5 nitrogen and oxygen atoms in total. The summed E-state index contributed by atoms with van der Waals surface area (Å²) in [5.41, 5.74) is 0.155. The Morgan fingerprint density at radius 1 is 1.10 bits per heavy atom. The fraction of sp³-hybridized carbons (Fsp3) is 0.381. The maximum Gasteiger partial charge on any atom is 0.416 e.